The minimum Gasteiger partial charge on any atom is -0.508 e. The van der Waals surface area contributed by atoms with Gasteiger partial charge in [0.15, 0.2) is 0 Å². The largest absolute Gasteiger partial charge is 0.508 e. The Morgan fingerprint density at radius 2 is 1.27 bits per heavy atom. The van der Waals surface area contributed by atoms with Gasteiger partial charge < -0.3 is 20.3 Å². The molecule has 1 heterocycles. The van der Waals surface area contributed by atoms with Gasteiger partial charge in [-0.1, -0.05) is 23.2 Å². The van der Waals surface area contributed by atoms with Gasteiger partial charge in [-0.25, -0.2) is 13.8 Å². The number of rotatable bonds is 3. The molecule has 0 aliphatic heterocycles. The fourth-order valence-corrected chi connectivity index (χ4v) is 3.72. The van der Waals surface area contributed by atoms with Gasteiger partial charge in [0.1, 0.15) is 34.7 Å². The maximum Gasteiger partial charge on any atom is 0.141 e. The van der Waals surface area contributed by atoms with E-state index in [0.29, 0.717) is 0 Å². The SMILES string of the molecule is Oc1ccc(-c2nc(-c3c(Cl)cc(O)cc3Cl)[nH]c2-c2ccc(O)cc2F)c(F)c1. The number of hydrogen-bond donors (Lipinski definition) is 4. The van der Waals surface area contributed by atoms with Crippen molar-refractivity contribution in [1.29, 1.82) is 0 Å². The Balaban J connectivity index is 2.01. The van der Waals surface area contributed by atoms with Crippen molar-refractivity contribution in [1.82, 2.24) is 9.97 Å². The predicted octanol–water partition coefficient (Wildman–Crippen LogP) is 6.11. The molecule has 0 saturated heterocycles. The van der Waals surface area contributed by atoms with Crippen LogP contribution in [0.5, 0.6) is 17.2 Å². The Labute approximate surface area is 178 Å². The molecule has 4 aromatic rings. The standard InChI is InChI=1S/C21H12Cl2F2N2O3/c22-14-5-11(30)6-15(23)18(14)21-26-19(12-3-1-9(28)7-16(12)24)20(27-21)13-4-2-10(29)8-17(13)25/h1-8,28-30H,(H,26,27). The normalized spacial score (nSPS) is 11.1. The summed E-state index contributed by atoms with van der Waals surface area (Å²) in [7, 11) is 0. The van der Waals surface area contributed by atoms with E-state index in [-0.39, 0.29) is 61.2 Å². The number of imidazole rings is 1. The number of nitrogens with zero attached hydrogens (tertiary/aromatic N) is 1. The van der Waals surface area contributed by atoms with Crippen molar-refractivity contribution in [3.8, 4) is 51.2 Å². The molecule has 0 amide bonds. The summed E-state index contributed by atoms with van der Waals surface area (Å²) in [4.78, 5) is 7.28. The first-order valence-electron chi connectivity index (χ1n) is 8.50. The van der Waals surface area contributed by atoms with Crippen LogP contribution in [0.25, 0.3) is 33.9 Å². The maximum absolute atomic E-state index is 14.6. The van der Waals surface area contributed by atoms with E-state index in [0.717, 1.165) is 12.1 Å². The molecule has 0 unspecified atom stereocenters. The number of H-pyrrole nitrogens is 1. The van der Waals surface area contributed by atoms with Crippen molar-refractivity contribution in [2.45, 2.75) is 0 Å². The molecule has 0 aliphatic carbocycles. The highest BCUT2D eigenvalue weighted by Crippen LogP contribution is 2.41. The maximum atomic E-state index is 14.6. The van der Waals surface area contributed by atoms with Crippen molar-refractivity contribution < 1.29 is 24.1 Å². The van der Waals surface area contributed by atoms with Crippen molar-refractivity contribution in [2.75, 3.05) is 0 Å². The number of halogens is 4. The second-order valence-corrected chi connectivity index (χ2v) is 7.24. The predicted molar refractivity (Wildman–Crippen MR) is 110 cm³/mol. The van der Waals surface area contributed by atoms with Crippen LogP contribution in [0.1, 0.15) is 0 Å². The zero-order valence-electron chi connectivity index (χ0n) is 14.9. The third-order valence-electron chi connectivity index (χ3n) is 4.40. The lowest BCUT2D eigenvalue weighted by Gasteiger charge is -2.06. The quantitative estimate of drug-likeness (QED) is 0.304. The molecule has 0 bridgehead atoms. The monoisotopic (exact) mass is 448 g/mol. The van der Waals surface area contributed by atoms with E-state index in [1.54, 1.807) is 0 Å². The summed E-state index contributed by atoms with van der Waals surface area (Å²) in [5.74, 6) is -2.17. The molecule has 5 nitrogen and oxygen atoms in total. The Hall–Kier alpha value is -3.29. The van der Waals surface area contributed by atoms with Gasteiger partial charge in [-0.3, -0.25) is 0 Å². The molecule has 1 aromatic heterocycles. The summed E-state index contributed by atoms with van der Waals surface area (Å²) >= 11 is 12.4. The summed E-state index contributed by atoms with van der Waals surface area (Å²) in [6, 6.07) is 9.48. The number of hydrogen-bond acceptors (Lipinski definition) is 4. The van der Waals surface area contributed by atoms with Crippen molar-refractivity contribution in [3.63, 3.8) is 0 Å². The lowest BCUT2D eigenvalue weighted by molar-refractivity contribution is 0.468. The number of nitrogens with one attached hydrogen (secondary N) is 1. The average molecular weight is 449 g/mol. The first kappa shape index (κ1) is 20.0. The fraction of sp³-hybridized carbons (Fsp3) is 0. The van der Waals surface area contributed by atoms with E-state index in [2.05, 4.69) is 9.97 Å². The number of aromatic amines is 1. The molecule has 9 heteroatoms. The van der Waals surface area contributed by atoms with Crippen LogP contribution in [-0.4, -0.2) is 25.3 Å². The highest BCUT2D eigenvalue weighted by Gasteiger charge is 2.23. The third kappa shape index (κ3) is 3.53. The molecule has 0 atom stereocenters. The summed E-state index contributed by atoms with van der Waals surface area (Å²) in [6.45, 7) is 0. The average Bonchev–Trinajstić information content (AvgIpc) is 3.05. The van der Waals surface area contributed by atoms with Crippen LogP contribution in [0.15, 0.2) is 48.5 Å². The zero-order chi connectivity index (χ0) is 21.6. The Kier molecular flexibility index (Phi) is 5.01. The number of phenolic OH excluding ortho intramolecular Hbond substituents is 3. The van der Waals surface area contributed by atoms with Gasteiger partial charge in [-0.2, -0.15) is 0 Å². The molecular formula is C21H12Cl2F2N2O3. The Morgan fingerprint density at radius 3 is 1.80 bits per heavy atom. The van der Waals surface area contributed by atoms with Gasteiger partial charge in [0.05, 0.1) is 27.0 Å². The minimum absolute atomic E-state index is 0.0104. The summed E-state index contributed by atoms with van der Waals surface area (Å²) < 4.78 is 29.2. The highest BCUT2D eigenvalue weighted by molar-refractivity contribution is 6.39. The van der Waals surface area contributed by atoms with Crippen LogP contribution >= 0.6 is 23.2 Å². The fourth-order valence-electron chi connectivity index (χ4n) is 3.07. The van der Waals surface area contributed by atoms with Crippen LogP contribution in [0, 0.1) is 11.6 Å². The number of aromatic hydroxyl groups is 3. The molecule has 30 heavy (non-hydrogen) atoms. The first-order chi connectivity index (χ1) is 14.2. The number of aromatic nitrogens is 2. The van der Waals surface area contributed by atoms with Gasteiger partial charge in [0.2, 0.25) is 0 Å². The van der Waals surface area contributed by atoms with E-state index in [1.165, 1.54) is 36.4 Å². The van der Waals surface area contributed by atoms with E-state index in [4.69, 9.17) is 23.2 Å². The summed E-state index contributed by atoms with van der Waals surface area (Å²) in [6.07, 6.45) is 0. The lowest BCUT2D eigenvalue weighted by Crippen LogP contribution is -1.90. The van der Waals surface area contributed by atoms with Crippen LogP contribution in [0.4, 0.5) is 8.78 Å². The van der Waals surface area contributed by atoms with Crippen molar-refractivity contribution >= 4 is 23.2 Å². The second-order valence-electron chi connectivity index (χ2n) is 6.42. The van der Waals surface area contributed by atoms with Crippen LogP contribution in [-0.2, 0) is 0 Å². The minimum atomic E-state index is -0.781. The third-order valence-corrected chi connectivity index (χ3v) is 4.99. The van der Waals surface area contributed by atoms with Gasteiger partial charge in [0, 0.05) is 23.3 Å². The molecule has 4 rings (SSSR count). The first-order valence-corrected chi connectivity index (χ1v) is 9.26. The second kappa shape index (κ2) is 7.51. The molecule has 152 valence electrons. The number of benzene rings is 3. The molecule has 0 aliphatic rings. The smallest absolute Gasteiger partial charge is 0.141 e. The van der Waals surface area contributed by atoms with E-state index >= 15 is 0 Å². The van der Waals surface area contributed by atoms with Crippen LogP contribution in [0.3, 0.4) is 0 Å². The van der Waals surface area contributed by atoms with Crippen LogP contribution < -0.4 is 0 Å². The van der Waals surface area contributed by atoms with E-state index in [1.807, 2.05) is 0 Å². The van der Waals surface area contributed by atoms with Crippen LogP contribution in [0.2, 0.25) is 10.0 Å². The lowest BCUT2D eigenvalue weighted by atomic mass is 10.0. The highest BCUT2D eigenvalue weighted by atomic mass is 35.5. The van der Waals surface area contributed by atoms with Crippen molar-refractivity contribution in [2.24, 2.45) is 0 Å². The van der Waals surface area contributed by atoms with Gasteiger partial charge in [0.25, 0.3) is 0 Å². The van der Waals surface area contributed by atoms with Gasteiger partial charge >= 0.3 is 0 Å². The van der Waals surface area contributed by atoms with E-state index in [9.17, 15) is 24.1 Å². The summed E-state index contributed by atoms with van der Waals surface area (Å²) in [5.41, 5.74) is 0.366. The summed E-state index contributed by atoms with van der Waals surface area (Å²) in [5, 5.41) is 28.8. The molecule has 0 fully saturated rings. The Morgan fingerprint density at radius 1 is 0.733 bits per heavy atom. The molecule has 0 spiro atoms. The molecule has 4 N–H and O–H groups in total. The zero-order valence-corrected chi connectivity index (χ0v) is 16.4. The topological polar surface area (TPSA) is 89.4 Å². The van der Waals surface area contributed by atoms with Gasteiger partial charge in [-0.05, 0) is 36.4 Å². The number of phenols is 3. The Bertz CT molecular complexity index is 1200. The molecule has 3 aromatic carbocycles. The van der Waals surface area contributed by atoms with Crippen molar-refractivity contribution in [3.05, 3.63) is 70.2 Å². The van der Waals surface area contributed by atoms with E-state index < -0.39 is 11.6 Å². The van der Waals surface area contributed by atoms with Gasteiger partial charge in [-0.15, -0.1) is 0 Å². The molecule has 0 radical (unpaired) electrons. The molecule has 0 saturated carbocycles. The molecular weight excluding hydrogens is 437 g/mol.